The third kappa shape index (κ3) is 2.88. The number of carbonyl (C=O) groups excluding carboxylic acids is 1. The monoisotopic (exact) mass is 327 g/mol. The first-order valence-corrected chi connectivity index (χ1v) is 7.52. The van der Waals surface area contributed by atoms with Crippen LogP contribution in [0.25, 0.3) is 11.1 Å². The van der Waals surface area contributed by atoms with Gasteiger partial charge in [0.25, 0.3) is 11.5 Å². The van der Waals surface area contributed by atoms with Gasteiger partial charge in [-0.25, -0.2) is 4.98 Å². The van der Waals surface area contributed by atoms with E-state index < -0.39 is 0 Å². The van der Waals surface area contributed by atoms with E-state index in [2.05, 4.69) is 16.9 Å². The van der Waals surface area contributed by atoms with E-state index in [-0.39, 0.29) is 28.1 Å². The number of hydrogen-bond acceptors (Lipinski definition) is 5. The Kier molecular flexibility index (Phi) is 4.33. The van der Waals surface area contributed by atoms with Gasteiger partial charge in [0.2, 0.25) is 5.71 Å². The van der Waals surface area contributed by atoms with Gasteiger partial charge < -0.3 is 14.2 Å². The van der Waals surface area contributed by atoms with Crippen molar-refractivity contribution >= 4 is 17.0 Å². The molecule has 0 aromatic carbocycles. The van der Waals surface area contributed by atoms with Crippen molar-refractivity contribution in [2.24, 2.45) is 0 Å². The average molecular weight is 327 g/mol. The van der Waals surface area contributed by atoms with Crippen molar-refractivity contribution in [2.75, 3.05) is 6.54 Å². The molecule has 0 atom stereocenters. The molecule has 3 rings (SSSR count). The van der Waals surface area contributed by atoms with Crippen molar-refractivity contribution in [3.63, 3.8) is 0 Å². The molecule has 0 radical (unpaired) electrons. The Morgan fingerprint density at radius 1 is 1.50 bits per heavy atom. The van der Waals surface area contributed by atoms with E-state index >= 15 is 0 Å². The molecule has 0 aliphatic heterocycles. The van der Waals surface area contributed by atoms with Crippen LogP contribution < -0.4 is 10.9 Å². The molecule has 0 spiro atoms. The van der Waals surface area contributed by atoms with Crippen LogP contribution in [-0.4, -0.2) is 22.0 Å². The molecule has 7 nitrogen and oxygen atoms in total. The molecule has 0 bridgehead atoms. The van der Waals surface area contributed by atoms with Gasteiger partial charge in [0, 0.05) is 19.5 Å². The molecule has 1 amide bonds. The summed E-state index contributed by atoms with van der Waals surface area (Å²) in [5.74, 6) is 0.772. The number of hydrogen-bond donors (Lipinski definition) is 1. The minimum absolute atomic E-state index is 0.161. The van der Waals surface area contributed by atoms with Crippen LogP contribution in [0.1, 0.15) is 21.9 Å². The maximum absolute atomic E-state index is 12.5. The lowest BCUT2D eigenvalue weighted by Gasteiger charge is -2.04. The topological polar surface area (TPSA) is 90.3 Å². The molecule has 1 N–H and O–H groups in total. The second kappa shape index (κ2) is 6.57. The molecule has 0 aliphatic rings. The Balaban J connectivity index is 1.88. The van der Waals surface area contributed by atoms with Crippen molar-refractivity contribution < 1.29 is 13.6 Å². The van der Waals surface area contributed by atoms with Crippen molar-refractivity contribution in [3.8, 4) is 0 Å². The number of rotatable bonds is 6. The van der Waals surface area contributed by atoms with Crippen molar-refractivity contribution in [3.05, 3.63) is 64.8 Å². The zero-order valence-corrected chi connectivity index (χ0v) is 13.2. The number of nitrogens with one attached hydrogen (secondary N) is 1. The first-order chi connectivity index (χ1) is 11.6. The Morgan fingerprint density at radius 3 is 3.04 bits per heavy atom. The summed E-state index contributed by atoms with van der Waals surface area (Å²) in [4.78, 5) is 29.1. The third-order valence-electron chi connectivity index (χ3n) is 3.64. The predicted octanol–water partition coefficient (Wildman–Crippen LogP) is 2.05. The van der Waals surface area contributed by atoms with Gasteiger partial charge in [-0.05, 0) is 19.1 Å². The standard InChI is InChI=1S/C17H17N3O4/c1-3-8-20-10-19-16-14(17(20)22)13(11(2)24-16)15(21)18-7-6-12-5-4-9-23-12/h3-5,9-10H,1,6-8H2,2H3,(H,18,21). The molecule has 7 heteroatoms. The summed E-state index contributed by atoms with van der Waals surface area (Å²) in [5, 5.41) is 2.97. The number of furan rings is 2. The van der Waals surface area contributed by atoms with Gasteiger partial charge in [0.05, 0.1) is 11.8 Å². The smallest absolute Gasteiger partial charge is 0.265 e. The highest BCUT2D eigenvalue weighted by Crippen LogP contribution is 2.20. The fourth-order valence-corrected chi connectivity index (χ4v) is 2.52. The molecule has 24 heavy (non-hydrogen) atoms. The first-order valence-electron chi connectivity index (χ1n) is 7.52. The lowest BCUT2D eigenvalue weighted by molar-refractivity contribution is 0.0953. The van der Waals surface area contributed by atoms with Gasteiger partial charge in [-0.1, -0.05) is 6.08 Å². The van der Waals surface area contributed by atoms with Crippen molar-refractivity contribution in [1.82, 2.24) is 14.9 Å². The number of nitrogens with zero attached hydrogens (tertiary/aromatic N) is 2. The largest absolute Gasteiger partial charge is 0.469 e. The fourth-order valence-electron chi connectivity index (χ4n) is 2.52. The van der Waals surface area contributed by atoms with E-state index in [4.69, 9.17) is 8.83 Å². The Labute approximate surface area is 137 Å². The Bertz CT molecular complexity index is 935. The van der Waals surface area contributed by atoms with E-state index in [1.807, 2.05) is 6.07 Å². The number of aryl methyl sites for hydroxylation is 1. The maximum atomic E-state index is 12.5. The number of aromatic nitrogens is 2. The summed E-state index contributed by atoms with van der Waals surface area (Å²) in [6.45, 7) is 5.94. The highest BCUT2D eigenvalue weighted by Gasteiger charge is 2.22. The summed E-state index contributed by atoms with van der Waals surface area (Å²) in [7, 11) is 0. The summed E-state index contributed by atoms with van der Waals surface area (Å²) >= 11 is 0. The molecule has 3 heterocycles. The Morgan fingerprint density at radius 2 is 2.33 bits per heavy atom. The normalized spacial score (nSPS) is 10.9. The minimum atomic E-state index is -0.368. The SMILES string of the molecule is C=CCn1cnc2oc(C)c(C(=O)NCCc3ccco3)c2c1=O. The van der Waals surface area contributed by atoms with Gasteiger partial charge in [-0.3, -0.25) is 14.2 Å². The lowest BCUT2D eigenvalue weighted by atomic mass is 10.1. The molecule has 3 aromatic rings. The van der Waals surface area contributed by atoms with Crippen LogP contribution in [0.5, 0.6) is 0 Å². The molecule has 0 fully saturated rings. The van der Waals surface area contributed by atoms with Gasteiger partial charge in [-0.2, -0.15) is 0 Å². The first kappa shape index (κ1) is 15.8. The summed E-state index contributed by atoms with van der Waals surface area (Å²) in [5.41, 5.74) is 0.0577. The predicted molar refractivity (Wildman–Crippen MR) is 87.9 cm³/mol. The summed E-state index contributed by atoms with van der Waals surface area (Å²) < 4.78 is 12.1. The van der Waals surface area contributed by atoms with Gasteiger partial charge in [0.15, 0.2) is 0 Å². The molecular formula is C17H17N3O4. The van der Waals surface area contributed by atoms with Crippen LogP contribution in [0.3, 0.4) is 0 Å². The number of fused-ring (bicyclic) bond motifs is 1. The van der Waals surface area contributed by atoms with Crippen LogP contribution in [0, 0.1) is 6.92 Å². The molecule has 0 unspecified atom stereocenters. The maximum Gasteiger partial charge on any atom is 0.265 e. The van der Waals surface area contributed by atoms with E-state index in [0.717, 1.165) is 5.76 Å². The van der Waals surface area contributed by atoms with Crippen LogP contribution in [-0.2, 0) is 13.0 Å². The zero-order chi connectivity index (χ0) is 17.1. The highest BCUT2D eigenvalue weighted by molar-refractivity contribution is 6.06. The third-order valence-corrected chi connectivity index (χ3v) is 3.64. The quantitative estimate of drug-likeness (QED) is 0.700. The fraction of sp³-hybridized carbons (Fsp3) is 0.235. The number of amides is 1. The molecule has 124 valence electrons. The second-order valence-corrected chi connectivity index (χ2v) is 5.29. The second-order valence-electron chi connectivity index (χ2n) is 5.29. The minimum Gasteiger partial charge on any atom is -0.469 e. The molecular weight excluding hydrogens is 310 g/mol. The molecule has 0 aliphatic carbocycles. The van der Waals surface area contributed by atoms with Crippen molar-refractivity contribution in [2.45, 2.75) is 19.9 Å². The number of allylic oxidation sites excluding steroid dienone is 1. The van der Waals surface area contributed by atoms with E-state index in [0.29, 0.717) is 25.3 Å². The van der Waals surface area contributed by atoms with E-state index in [1.54, 1.807) is 25.3 Å². The highest BCUT2D eigenvalue weighted by atomic mass is 16.3. The van der Waals surface area contributed by atoms with Gasteiger partial charge >= 0.3 is 0 Å². The van der Waals surface area contributed by atoms with Crippen molar-refractivity contribution in [1.29, 1.82) is 0 Å². The van der Waals surface area contributed by atoms with Gasteiger partial charge in [0.1, 0.15) is 23.2 Å². The van der Waals surface area contributed by atoms with Crippen LogP contribution in [0.4, 0.5) is 0 Å². The van der Waals surface area contributed by atoms with Gasteiger partial charge in [-0.15, -0.1) is 6.58 Å². The van der Waals surface area contributed by atoms with Crippen LogP contribution >= 0.6 is 0 Å². The molecule has 0 saturated heterocycles. The van der Waals surface area contributed by atoms with Crippen LogP contribution in [0.15, 0.2) is 51.0 Å². The zero-order valence-electron chi connectivity index (χ0n) is 13.2. The van der Waals surface area contributed by atoms with E-state index in [9.17, 15) is 9.59 Å². The Hall–Kier alpha value is -3.09. The number of carbonyl (C=O) groups is 1. The summed E-state index contributed by atoms with van der Waals surface area (Å²) in [6, 6.07) is 3.63. The lowest BCUT2D eigenvalue weighted by Crippen LogP contribution is -2.28. The van der Waals surface area contributed by atoms with E-state index in [1.165, 1.54) is 10.9 Å². The summed E-state index contributed by atoms with van der Waals surface area (Å²) in [6.07, 6.45) is 5.12. The molecule has 0 saturated carbocycles. The molecule has 3 aromatic heterocycles. The van der Waals surface area contributed by atoms with Crippen LogP contribution in [0.2, 0.25) is 0 Å². The average Bonchev–Trinajstić information content (AvgIpc) is 3.17.